The van der Waals surface area contributed by atoms with Crippen LogP contribution in [-0.4, -0.2) is 89.5 Å². The first-order valence-electron chi connectivity index (χ1n) is 8.41. The van der Waals surface area contributed by atoms with Gasteiger partial charge in [-0.3, -0.25) is 0 Å². The van der Waals surface area contributed by atoms with Gasteiger partial charge >= 0.3 is 0 Å². The minimum absolute atomic E-state index is 0.00265. The summed E-state index contributed by atoms with van der Waals surface area (Å²) in [7, 11) is 0. The number of aliphatic hydroxyl groups is 1. The summed E-state index contributed by atoms with van der Waals surface area (Å²) in [5, 5.41) is 9.69. The Bertz CT molecular complexity index is 307. The minimum Gasteiger partial charge on any atom is -0.396 e. The first-order valence-corrected chi connectivity index (χ1v) is 8.41. The van der Waals surface area contributed by atoms with E-state index in [0.29, 0.717) is 39.6 Å². The fourth-order valence-electron chi connectivity index (χ4n) is 2.42. The molecule has 0 bridgehead atoms. The zero-order valence-corrected chi connectivity index (χ0v) is 13.8. The van der Waals surface area contributed by atoms with Crippen LogP contribution in [0.25, 0.3) is 0 Å². The number of ether oxygens (including phenoxy) is 6. The van der Waals surface area contributed by atoms with Gasteiger partial charge in [0.2, 0.25) is 0 Å². The molecule has 0 aromatic rings. The second kappa shape index (κ2) is 8.20. The maximum Gasteiger partial charge on any atom is 0.104 e. The predicted octanol–water partition coefficient (Wildman–Crippen LogP) is -0.153. The van der Waals surface area contributed by atoms with E-state index in [9.17, 15) is 5.11 Å². The molecule has 0 amide bonds. The Morgan fingerprint density at radius 3 is 1.48 bits per heavy atom. The highest BCUT2D eigenvalue weighted by atomic mass is 16.6. The number of rotatable bonds is 14. The predicted molar refractivity (Wildman–Crippen MR) is 80.4 cm³/mol. The van der Waals surface area contributed by atoms with Crippen molar-refractivity contribution in [2.45, 2.75) is 25.2 Å². The van der Waals surface area contributed by atoms with Crippen molar-refractivity contribution in [3.63, 3.8) is 0 Å². The summed E-state index contributed by atoms with van der Waals surface area (Å²) < 4.78 is 33.0. The average Bonchev–Trinajstić information content (AvgIpc) is 3.36. The number of aliphatic hydroxyl groups excluding tert-OH is 1. The van der Waals surface area contributed by atoms with Crippen LogP contribution >= 0.6 is 0 Å². The quantitative estimate of drug-likeness (QED) is 0.443. The smallest absolute Gasteiger partial charge is 0.104 e. The third-order valence-electron chi connectivity index (χ3n) is 4.61. The molecule has 7 nitrogen and oxygen atoms in total. The molecule has 0 aromatic heterocycles. The molecule has 3 heterocycles. The monoisotopic (exact) mass is 332 g/mol. The first-order chi connectivity index (χ1) is 11.2. The summed E-state index contributed by atoms with van der Waals surface area (Å²) in [6.07, 6.45) is 0.663. The van der Waals surface area contributed by atoms with Crippen molar-refractivity contribution in [2.75, 3.05) is 66.1 Å². The summed E-state index contributed by atoms with van der Waals surface area (Å²) in [5.41, 5.74) is -0.382. The lowest BCUT2D eigenvalue weighted by atomic mass is 9.78. The second-order valence-corrected chi connectivity index (χ2v) is 6.86. The van der Waals surface area contributed by atoms with Crippen LogP contribution in [0.2, 0.25) is 0 Å². The molecule has 4 unspecified atom stereocenters. The largest absolute Gasteiger partial charge is 0.396 e. The molecule has 23 heavy (non-hydrogen) atoms. The summed E-state index contributed by atoms with van der Waals surface area (Å²) in [6.45, 7) is 7.56. The highest BCUT2D eigenvalue weighted by molar-refractivity contribution is 4.86. The standard InChI is InChI=1S/C16H28O7/c1-12(2-17)16(9-18-3-13-6-21-13,10-19-4-14-7-22-14)11-20-5-15-8-23-15/h12-15,17H,2-11H2,1H3. The fraction of sp³-hybridized carbons (Fsp3) is 1.00. The van der Waals surface area contributed by atoms with Crippen molar-refractivity contribution in [1.29, 1.82) is 0 Å². The van der Waals surface area contributed by atoms with Gasteiger partial charge in [0.05, 0.1) is 59.5 Å². The van der Waals surface area contributed by atoms with Crippen molar-refractivity contribution in [2.24, 2.45) is 11.3 Å². The van der Waals surface area contributed by atoms with Gasteiger partial charge in [0.1, 0.15) is 18.3 Å². The van der Waals surface area contributed by atoms with Crippen molar-refractivity contribution in [3.05, 3.63) is 0 Å². The molecule has 7 heteroatoms. The lowest BCUT2D eigenvalue weighted by Gasteiger charge is -2.37. The van der Waals surface area contributed by atoms with Crippen LogP contribution in [0.15, 0.2) is 0 Å². The molecular formula is C16H28O7. The molecule has 3 fully saturated rings. The number of hydrogen-bond donors (Lipinski definition) is 1. The van der Waals surface area contributed by atoms with Crippen LogP contribution in [0.5, 0.6) is 0 Å². The molecular weight excluding hydrogens is 304 g/mol. The fourth-order valence-corrected chi connectivity index (χ4v) is 2.42. The Labute approximate surface area is 137 Å². The van der Waals surface area contributed by atoms with Crippen molar-refractivity contribution in [1.82, 2.24) is 0 Å². The Kier molecular flexibility index (Phi) is 6.25. The number of hydrogen-bond acceptors (Lipinski definition) is 7. The zero-order valence-electron chi connectivity index (χ0n) is 13.8. The van der Waals surface area contributed by atoms with Gasteiger partial charge in [-0.05, 0) is 5.92 Å². The summed E-state index contributed by atoms with van der Waals surface area (Å²) in [5.74, 6) is 0.00265. The number of epoxide rings is 3. The van der Waals surface area contributed by atoms with Gasteiger partial charge in [-0.1, -0.05) is 6.92 Å². The second-order valence-electron chi connectivity index (χ2n) is 6.86. The van der Waals surface area contributed by atoms with Gasteiger partial charge in [0.15, 0.2) is 0 Å². The van der Waals surface area contributed by atoms with Crippen LogP contribution in [0.4, 0.5) is 0 Å². The lowest BCUT2D eigenvalue weighted by molar-refractivity contribution is -0.108. The Morgan fingerprint density at radius 2 is 1.22 bits per heavy atom. The van der Waals surface area contributed by atoms with Crippen LogP contribution in [0.1, 0.15) is 6.92 Å². The van der Waals surface area contributed by atoms with Gasteiger partial charge in [-0.2, -0.15) is 0 Å². The van der Waals surface area contributed by atoms with Gasteiger partial charge < -0.3 is 33.5 Å². The highest BCUT2D eigenvalue weighted by Crippen LogP contribution is 2.31. The van der Waals surface area contributed by atoms with Crippen molar-refractivity contribution >= 4 is 0 Å². The summed E-state index contributed by atoms with van der Waals surface area (Å²) >= 11 is 0. The maximum absolute atomic E-state index is 9.69. The molecule has 1 N–H and O–H groups in total. The van der Waals surface area contributed by atoms with Crippen LogP contribution < -0.4 is 0 Å². The zero-order chi connectivity index (χ0) is 16.1. The van der Waals surface area contributed by atoms with Gasteiger partial charge in [-0.25, -0.2) is 0 Å². The van der Waals surface area contributed by atoms with E-state index in [-0.39, 0.29) is 36.3 Å². The molecule has 0 spiro atoms. The van der Waals surface area contributed by atoms with E-state index < -0.39 is 0 Å². The Morgan fingerprint density at radius 1 is 0.870 bits per heavy atom. The van der Waals surface area contributed by atoms with E-state index in [4.69, 9.17) is 28.4 Å². The molecule has 0 aromatic carbocycles. The Hall–Kier alpha value is -0.280. The van der Waals surface area contributed by atoms with Crippen LogP contribution in [-0.2, 0) is 28.4 Å². The van der Waals surface area contributed by atoms with E-state index in [0.717, 1.165) is 19.8 Å². The van der Waals surface area contributed by atoms with Crippen LogP contribution in [0.3, 0.4) is 0 Å². The lowest BCUT2D eigenvalue weighted by Crippen LogP contribution is -2.45. The molecule has 3 aliphatic rings. The molecule has 3 saturated heterocycles. The van der Waals surface area contributed by atoms with E-state index in [2.05, 4.69) is 0 Å². The molecule has 3 aliphatic heterocycles. The Balaban J connectivity index is 1.51. The normalized spacial score (nSPS) is 32.3. The summed E-state index contributed by atoms with van der Waals surface area (Å²) in [4.78, 5) is 0. The van der Waals surface area contributed by atoms with E-state index >= 15 is 0 Å². The third kappa shape index (κ3) is 5.94. The van der Waals surface area contributed by atoms with Gasteiger partial charge in [0.25, 0.3) is 0 Å². The van der Waals surface area contributed by atoms with Crippen molar-refractivity contribution < 1.29 is 33.5 Å². The SMILES string of the molecule is CC(CO)C(COCC1CO1)(COCC1CO1)COCC1CO1. The van der Waals surface area contributed by atoms with E-state index in [1.165, 1.54) is 0 Å². The van der Waals surface area contributed by atoms with Gasteiger partial charge in [0, 0.05) is 12.0 Å². The molecule has 0 aliphatic carbocycles. The van der Waals surface area contributed by atoms with E-state index in [1.807, 2.05) is 6.92 Å². The third-order valence-corrected chi connectivity index (χ3v) is 4.61. The molecule has 3 rings (SSSR count). The summed E-state index contributed by atoms with van der Waals surface area (Å²) in [6, 6.07) is 0. The maximum atomic E-state index is 9.69. The van der Waals surface area contributed by atoms with Crippen LogP contribution in [0, 0.1) is 11.3 Å². The molecule has 0 saturated carbocycles. The average molecular weight is 332 g/mol. The highest BCUT2D eigenvalue weighted by Gasteiger charge is 2.39. The van der Waals surface area contributed by atoms with E-state index in [1.54, 1.807) is 0 Å². The molecule has 4 atom stereocenters. The van der Waals surface area contributed by atoms with Crippen molar-refractivity contribution in [3.8, 4) is 0 Å². The minimum atomic E-state index is -0.382. The topological polar surface area (TPSA) is 85.5 Å². The molecule has 134 valence electrons. The molecule has 0 radical (unpaired) electrons. The van der Waals surface area contributed by atoms with Gasteiger partial charge in [-0.15, -0.1) is 0 Å². The first kappa shape index (κ1) is 17.5.